The van der Waals surface area contributed by atoms with E-state index in [-0.39, 0.29) is 6.61 Å². The first-order valence-electron chi connectivity index (χ1n) is 4.24. The van der Waals surface area contributed by atoms with E-state index in [1.807, 2.05) is 6.92 Å². The number of fused-ring (bicyclic) bond motifs is 1. The summed E-state index contributed by atoms with van der Waals surface area (Å²) in [7, 11) is 0. The molecular formula is C10H9NO3. The van der Waals surface area contributed by atoms with E-state index in [0.29, 0.717) is 11.3 Å². The molecule has 0 unspecified atom stereocenters. The van der Waals surface area contributed by atoms with Crippen molar-refractivity contribution in [1.82, 2.24) is 5.32 Å². The van der Waals surface area contributed by atoms with Crippen LogP contribution in [0.2, 0.25) is 0 Å². The zero-order valence-electron chi connectivity index (χ0n) is 7.66. The van der Waals surface area contributed by atoms with Crippen molar-refractivity contribution >= 4 is 11.8 Å². The highest BCUT2D eigenvalue weighted by molar-refractivity contribution is 6.07. The molecular weight excluding hydrogens is 182 g/mol. The maximum Gasteiger partial charge on any atom is 0.264 e. The second-order valence-corrected chi connectivity index (χ2v) is 3.17. The third-order valence-corrected chi connectivity index (χ3v) is 1.99. The molecule has 1 N–H and O–H groups in total. The second kappa shape index (κ2) is 3.14. The molecule has 72 valence electrons. The fourth-order valence-corrected chi connectivity index (χ4v) is 1.31. The standard InChI is InChI=1S/C10H9NO3/c1-6-2-3-7-8(4-6)14-5-9(12)11-10(7)13/h2-4H,5H2,1H3,(H,11,12,13). The average Bonchev–Trinajstić information content (AvgIpc) is 2.26. The predicted molar refractivity (Wildman–Crippen MR) is 49.1 cm³/mol. The first-order chi connectivity index (χ1) is 6.66. The summed E-state index contributed by atoms with van der Waals surface area (Å²) in [4.78, 5) is 22.4. The molecule has 2 rings (SSSR count). The molecule has 0 saturated heterocycles. The quantitative estimate of drug-likeness (QED) is 0.612. The van der Waals surface area contributed by atoms with Crippen molar-refractivity contribution in [2.75, 3.05) is 6.61 Å². The Morgan fingerprint density at radius 2 is 2.14 bits per heavy atom. The maximum atomic E-state index is 11.4. The summed E-state index contributed by atoms with van der Waals surface area (Å²) in [5, 5.41) is 2.21. The van der Waals surface area contributed by atoms with Gasteiger partial charge in [0.15, 0.2) is 6.61 Å². The van der Waals surface area contributed by atoms with Gasteiger partial charge in [0.25, 0.3) is 11.8 Å². The molecule has 0 aliphatic carbocycles. The van der Waals surface area contributed by atoms with Crippen molar-refractivity contribution in [2.45, 2.75) is 6.92 Å². The van der Waals surface area contributed by atoms with E-state index in [2.05, 4.69) is 5.32 Å². The van der Waals surface area contributed by atoms with Crippen molar-refractivity contribution in [3.05, 3.63) is 29.3 Å². The van der Waals surface area contributed by atoms with Gasteiger partial charge in [-0.2, -0.15) is 0 Å². The Kier molecular flexibility index (Phi) is 1.96. The van der Waals surface area contributed by atoms with E-state index in [1.54, 1.807) is 18.2 Å². The van der Waals surface area contributed by atoms with E-state index in [0.717, 1.165) is 5.56 Å². The molecule has 4 nitrogen and oxygen atoms in total. The Hall–Kier alpha value is -1.84. The number of imide groups is 1. The minimum atomic E-state index is -0.413. The molecule has 0 atom stereocenters. The molecule has 0 bridgehead atoms. The van der Waals surface area contributed by atoms with Gasteiger partial charge in [-0.3, -0.25) is 14.9 Å². The van der Waals surface area contributed by atoms with Crippen LogP contribution >= 0.6 is 0 Å². The Labute approximate surface area is 80.9 Å². The molecule has 14 heavy (non-hydrogen) atoms. The summed E-state index contributed by atoms with van der Waals surface area (Å²) in [6.07, 6.45) is 0. The van der Waals surface area contributed by atoms with Gasteiger partial charge in [-0.25, -0.2) is 0 Å². The van der Waals surface area contributed by atoms with Crippen LogP contribution in [0.4, 0.5) is 0 Å². The van der Waals surface area contributed by atoms with Crippen LogP contribution in [0.3, 0.4) is 0 Å². The monoisotopic (exact) mass is 191 g/mol. The molecule has 0 fully saturated rings. The summed E-state index contributed by atoms with van der Waals surface area (Å²) in [5.74, 6) is -0.347. The Morgan fingerprint density at radius 1 is 1.36 bits per heavy atom. The fraction of sp³-hybridized carbons (Fsp3) is 0.200. The van der Waals surface area contributed by atoms with Crippen molar-refractivity contribution < 1.29 is 14.3 Å². The molecule has 1 aliphatic heterocycles. The highest BCUT2D eigenvalue weighted by Gasteiger charge is 2.20. The van der Waals surface area contributed by atoms with E-state index in [9.17, 15) is 9.59 Å². The Bertz CT molecular complexity index is 412. The number of benzene rings is 1. The van der Waals surface area contributed by atoms with Gasteiger partial charge in [0.05, 0.1) is 5.56 Å². The maximum absolute atomic E-state index is 11.4. The van der Waals surface area contributed by atoms with Crippen LogP contribution in [0, 0.1) is 6.92 Å². The third kappa shape index (κ3) is 1.46. The van der Waals surface area contributed by atoms with Gasteiger partial charge in [0.1, 0.15) is 5.75 Å². The normalized spacial score (nSPS) is 15.2. The van der Waals surface area contributed by atoms with Crippen LogP contribution in [-0.4, -0.2) is 18.4 Å². The zero-order valence-corrected chi connectivity index (χ0v) is 7.66. The van der Waals surface area contributed by atoms with Crippen molar-refractivity contribution in [2.24, 2.45) is 0 Å². The number of nitrogens with one attached hydrogen (secondary N) is 1. The van der Waals surface area contributed by atoms with Gasteiger partial charge >= 0.3 is 0 Å². The minimum Gasteiger partial charge on any atom is -0.483 e. The molecule has 4 heteroatoms. The minimum absolute atomic E-state index is 0.109. The highest BCUT2D eigenvalue weighted by Crippen LogP contribution is 2.21. The summed E-state index contributed by atoms with van der Waals surface area (Å²) in [6, 6.07) is 5.20. The van der Waals surface area contributed by atoms with Crippen molar-refractivity contribution in [3.63, 3.8) is 0 Å². The van der Waals surface area contributed by atoms with E-state index in [1.165, 1.54) is 0 Å². The van der Waals surface area contributed by atoms with Crippen LogP contribution in [0.1, 0.15) is 15.9 Å². The number of carbonyl (C=O) groups excluding carboxylic acids is 2. The van der Waals surface area contributed by atoms with E-state index in [4.69, 9.17) is 4.74 Å². The molecule has 1 aliphatic rings. The third-order valence-electron chi connectivity index (χ3n) is 1.99. The number of hydrogen-bond donors (Lipinski definition) is 1. The van der Waals surface area contributed by atoms with Gasteiger partial charge in [-0.15, -0.1) is 0 Å². The number of amides is 2. The fourth-order valence-electron chi connectivity index (χ4n) is 1.31. The van der Waals surface area contributed by atoms with Crippen molar-refractivity contribution in [3.8, 4) is 5.75 Å². The summed E-state index contributed by atoms with van der Waals surface area (Å²) < 4.78 is 5.18. The molecule has 1 aromatic rings. The first-order valence-corrected chi connectivity index (χ1v) is 4.24. The number of hydrogen-bond acceptors (Lipinski definition) is 3. The lowest BCUT2D eigenvalue weighted by molar-refractivity contribution is -0.121. The summed E-state index contributed by atoms with van der Waals surface area (Å²) in [6.45, 7) is 1.79. The van der Waals surface area contributed by atoms with Gasteiger partial charge in [0.2, 0.25) is 0 Å². The van der Waals surface area contributed by atoms with Crippen LogP contribution in [0.25, 0.3) is 0 Å². The molecule has 1 heterocycles. The number of ether oxygens (including phenoxy) is 1. The average molecular weight is 191 g/mol. The summed E-state index contributed by atoms with van der Waals surface area (Å²) >= 11 is 0. The van der Waals surface area contributed by atoms with Crippen LogP contribution < -0.4 is 10.1 Å². The lowest BCUT2D eigenvalue weighted by Crippen LogP contribution is -2.31. The number of carbonyl (C=O) groups is 2. The SMILES string of the molecule is Cc1ccc2c(c1)OCC(=O)NC2=O. The molecule has 0 radical (unpaired) electrons. The Morgan fingerprint density at radius 3 is 2.93 bits per heavy atom. The number of aryl methyl sites for hydroxylation is 1. The smallest absolute Gasteiger partial charge is 0.264 e. The lowest BCUT2D eigenvalue weighted by Gasteiger charge is -2.04. The molecule has 2 amide bonds. The van der Waals surface area contributed by atoms with E-state index >= 15 is 0 Å². The van der Waals surface area contributed by atoms with Crippen LogP contribution in [0.5, 0.6) is 5.75 Å². The molecule has 0 aromatic heterocycles. The highest BCUT2D eigenvalue weighted by atomic mass is 16.5. The molecule has 0 saturated carbocycles. The molecule has 1 aromatic carbocycles. The summed E-state index contributed by atoms with van der Waals surface area (Å²) in [5.41, 5.74) is 1.40. The number of rotatable bonds is 0. The molecule has 0 spiro atoms. The van der Waals surface area contributed by atoms with E-state index < -0.39 is 11.8 Å². The van der Waals surface area contributed by atoms with Crippen molar-refractivity contribution in [1.29, 1.82) is 0 Å². The Balaban J connectivity index is 2.48. The van der Waals surface area contributed by atoms with Gasteiger partial charge in [0, 0.05) is 0 Å². The topological polar surface area (TPSA) is 55.4 Å². The predicted octanol–water partition coefficient (Wildman–Crippen LogP) is 0.644. The lowest BCUT2D eigenvalue weighted by atomic mass is 10.1. The van der Waals surface area contributed by atoms with Crippen LogP contribution in [0.15, 0.2) is 18.2 Å². The first kappa shape index (κ1) is 8.74. The van der Waals surface area contributed by atoms with Gasteiger partial charge in [-0.05, 0) is 24.6 Å². The van der Waals surface area contributed by atoms with Crippen LogP contribution in [-0.2, 0) is 4.79 Å². The van der Waals surface area contributed by atoms with Gasteiger partial charge < -0.3 is 4.74 Å². The largest absolute Gasteiger partial charge is 0.483 e. The zero-order chi connectivity index (χ0) is 10.1. The van der Waals surface area contributed by atoms with Gasteiger partial charge in [-0.1, -0.05) is 6.07 Å². The second-order valence-electron chi connectivity index (χ2n) is 3.17.